The maximum absolute atomic E-state index is 11.4. The Hall–Kier alpha value is -2.30. The number of benzene rings is 1. The second kappa shape index (κ2) is 6.44. The van der Waals surface area contributed by atoms with Gasteiger partial charge >= 0.3 is 0 Å². The molecule has 0 aliphatic carbocycles. The van der Waals surface area contributed by atoms with Crippen molar-refractivity contribution in [1.82, 2.24) is 5.32 Å². The quantitative estimate of drug-likeness (QED) is 0.752. The number of hydrogen-bond acceptors (Lipinski definition) is 3. The summed E-state index contributed by atoms with van der Waals surface area (Å²) in [6.07, 6.45) is 2.97. The third-order valence-corrected chi connectivity index (χ3v) is 2.31. The summed E-state index contributed by atoms with van der Waals surface area (Å²) < 4.78 is 5.06. The number of amides is 2. The first-order valence-corrected chi connectivity index (χ1v) is 5.45. The van der Waals surface area contributed by atoms with Crippen LogP contribution in [-0.4, -0.2) is 25.0 Å². The molecule has 5 heteroatoms. The molecule has 18 heavy (non-hydrogen) atoms. The Balaban J connectivity index is 2.63. The first kappa shape index (κ1) is 13.8. The van der Waals surface area contributed by atoms with Crippen molar-refractivity contribution in [2.45, 2.75) is 13.0 Å². The van der Waals surface area contributed by atoms with Crippen LogP contribution in [0, 0.1) is 0 Å². The molecule has 1 rings (SSSR count). The molecule has 96 valence electrons. The zero-order valence-electron chi connectivity index (χ0n) is 10.3. The van der Waals surface area contributed by atoms with E-state index in [0.717, 1.165) is 5.56 Å². The van der Waals surface area contributed by atoms with Gasteiger partial charge in [-0.2, -0.15) is 0 Å². The molecule has 1 aromatic rings. The first-order valence-electron chi connectivity index (χ1n) is 5.45. The molecular formula is C13H16N2O3. The molecule has 2 amide bonds. The van der Waals surface area contributed by atoms with Gasteiger partial charge in [-0.1, -0.05) is 12.1 Å². The molecule has 0 fully saturated rings. The summed E-state index contributed by atoms with van der Waals surface area (Å²) in [4.78, 5) is 22.2. The molecule has 1 unspecified atom stereocenters. The molecule has 0 saturated heterocycles. The van der Waals surface area contributed by atoms with Crippen LogP contribution in [0.15, 0.2) is 30.3 Å². The van der Waals surface area contributed by atoms with Crippen LogP contribution in [0.5, 0.6) is 5.75 Å². The maximum Gasteiger partial charge on any atom is 0.244 e. The van der Waals surface area contributed by atoms with E-state index in [2.05, 4.69) is 5.32 Å². The Kier molecular flexibility index (Phi) is 4.92. The highest BCUT2D eigenvalue weighted by Crippen LogP contribution is 2.13. The average molecular weight is 248 g/mol. The third kappa shape index (κ3) is 4.29. The molecule has 5 nitrogen and oxygen atoms in total. The van der Waals surface area contributed by atoms with Gasteiger partial charge in [0.25, 0.3) is 0 Å². The van der Waals surface area contributed by atoms with Gasteiger partial charge in [0.15, 0.2) is 0 Å². The van der Waals surface area contributed by atoms with Crippen LogP contribution >= 0.6 is 0 Å². The number of hydrogen-bond donors (Lipinski definition) is 2. The van der Waals surface area contributed by atoms with Crippen LogP contribution in [-0.2, 0) is 9.59 Å². The number of nitrogens with one attached hydrogen (secondary N) is 1. The molecule has 0 heterocycles. The molecule has 3 N–H and O–H groups in total. The Morgan fingerprint density at radius 1 is 1.44 bits per heavy atom. The van der Waals surface area contributed by atoms with Crippen molar-refractivity contribution in [2.24, 2.45) is 5.73 Å². The minimum Gasteiger partial charge on any atom is -0.497 e. The molecule has 0 radical (unpaired) electrons. The standard InChI is InChI=1S/C13H16N2O3/c1-9(13(14)17)15-12(16)7-6-10-4-3-5-11(8-10)18-2/h3-9H,1-2H3,(H2,14,17)(H,15,16)/b7-6+. The number of carbonyl (C=O) groups excluding carboxylic acids is 2. The van der Waals surface area contributed by atoms with Crippen molar-refractivity contribution < 1.29 is 14.3 Å². The van der Waals surface area contributed by atoms with E-state index in [1.807, 2.05) is 18.2 Å². The van der Waals surface area contributed by atoms with Gasteiger partial charge in [0.1, 0.15) is 11.8 Å². The minimum absolute atomic E-state index is 0.371. The van der Waals surface area contributed by atoms with Gasteiger partial charge in [0, 0.05) is 6.08 Å². The van der Waals surface area contributed by atoms with E-state index < -0.39 is 11.9 Å². The van der Waals surface area contributed by atoms with Crippen LogP contribution < -0.4 is 15.8 Å². The van der Waals surface area contributed by atoms with E-state index >= 15 is 0 Å². The Labute approximate surface area is 106 Å². The van der Waals surface area contributed by atoms with Gasteiger partial charge in [0.2, 0.25) is 11.8 Å². The predicted octanol–water partition coefficient (Wildman–Crippen LogP) is 0.698. The SMILES string of the molecule is COc1cccc(/C=C/C(=O)NC(C)C(N)=O)c1. The summed E-state index contributed by atoms with van der Waals surface area (Å²) in [5.41, 5.74) is 5.86. The summed E-state index contributed by atoms with van der Waals surface area (Å²) in [6, 6.07) is 6.58. The number of nitrogens with two attached hydrogens (primary N) is 1. The Morgan fingerprint density at radius 3 is 2.78 bits per heavy atom. The fourth-order valence-electron chi connectivity index (χ4n) is 1.25. The lowest BCUT2D eigenvalue weighted by molar-refractivity contribution is -0.124. The Morgan fingerprint density at radius 2 is 2.17 bits per heavy atom. The number of methoxy groups -OCH3 is 1. The normalized spacial score (nSPS) is 12.1. The zero-order chi connectivity index (χ0) is 13.5. The fourth-order valence-corrected chi connectivity index (χ4v) is 1.25. The second-order valence-corrected chi connectivity index (χ2v) is 3.74. The molecule has 0 bridgehead atoms. The topological polar surface area (TPSA) is 81.4 Å². The third-order valence-electron chi connectivity index (χ3n) is 2.31. The lowest BCUT2D eigenvalue weighted by Crippen LogP contribution is -2.41. The van der Waals surface area contributed by atoms with Crippen molar-refractivity contribution in [3.63, 3.8) is 0 Å². The molecule has 1 atom stereocenters. The largest absolute Gasteiger partial charge is 0.497 e. The maximum atomic E-state index is 11.4. The molecule has 0 aliphatic heterocycles. The number of rotatable bonds is 5. The number of carbonyl (C=O) groups is 2. The first-order chi connectivity index (χ1) is 8.52. The predicted molar refractivity (Wildman–Crippen MR) is 68.8 cm³/mol. The zero-order valence-corrected chi connectivity index (χ0v) is 10.3. The van der Waals surface area contributed by atoms with E-state index in [4.69, 9.17) is 10.5 Å². The van der Waals surface area contributed by atoms with Crippen LogP contribution in [0.1, 0.15) is 12.5 Å². The molecular weight excluding hydrogens is 232 g/mol. The van der Waals surface area contributed by atoms with E-state index in [-0.39, 0.29) is 5.91 Å². The van der Waals surface area contributed by atoms with Crippen molar-refractivity contribution in [2.75, 3.05) is 7.11 Å². The molecule has 0 spiro atoms. The highest BCUT2D eigenvalue weighted by molar-refractivity contribution is 5.95. The van der Waals surface area contributed by atoms with Gasteiger partial charge in [-0.15, -0.1) is 0 Å². The van der Waals surface area contributed by atoms with Crippen molar-refractivity contribution in [3.05, 3.63) is 35.9 Å². The molecule has 1 aromatic carbocycles. The highest BCUT2D eigenvalue weighted by atomic mass is 16.5. The van der Waals surface area contributed by atoms with E-state index in [1.54, 1.807) is 19.3 Å². The molecule has 0 aromatic heterocycles. The van der Waals surface area contributed by atoms with Gasteiger partial charge in [-0.3, -0.25) is 9.59 Å². The summed E-state index contributed by atoms with van der Waals surface area (Å²) in [6.45, 7) is 1.53. The van der Waals surface area contributed by atoms with Crippen LogP contribution in [0.3, 0.4) is 0 Å². The van der Waals surface area contributed by atoms with Gasteiger partial charge in [0.05, 0.1) is 7.11 Å². The second-order valence-electron chi connectivity index (χ2n) is 3.74. The molecule has 0 aliphatic rings. The van der Waals surface area contributed by atoms with Crippen LogP contribution in [0.25, 0.3) is 6.08 Å². The average Bonchev–Trinajstić information content (AvgIpc) is 2.36. The monoisotopic (exact) mass is 248 g/mol. The summed E-state index contributed by atoms with van der Waals surface area (Å²) >= 11 is 0. The van der Waals surface area contributed by atoms with E-state index in [1.165, 1.54) is 13.0 Å². The smallest absolute Gasteiger partial charge is 0.244 e. The van der Waals surface area contributed by atoms with Gasteiger partial charge in [-0.05, 0) is 30.7 Å². The molecule has 0 saturated carbocycles. The van der Waals surface area contributed by atoms with Crippen molar-refractivity contribution in [3.8, 4) is 5.75 Å². The highest BCUT2D eigenvalue weighted by Gasteiger charge is 2.09. The minimum atomic E-state index is -0.688. The van der Waals surface area contributed by atoms with Gasteiger partial charge < -0.3 is 15.8 Å². The van der Waals surface area contributed by atoms with Gasteiger partial charge in [-0.25, -0.2) is 0 Å². The summed E-state index contributed by atoms with van der Waals surface area (Å²) in [5, 5.41) is 2.45. The summed E-state index contributed by atoms with van der Waals surface area (Å²) in [5.74, 6) is -0.231. The summed E-state index contributed by atoms with van der Waals surface area (Å²) in [7, 11) is 1.57. The number of primary amides is 1. The van der Waals surface area contributed by atoms with Crippen molar-refractivity contribution >= 4 is 17.9 Å². The van der Waals surface area contributed by atoms with Crippen LogP contribution in [0.2, 0.25) is 0 Å². The lowest BCUT2D eigenvalue weighted by atomic mass is 10.2. The number of ether oxygens (including phenoxy) is 1. The van der Waals surface area contributed by atoms with Crippen LogP contribution in [0.4, 0.5) is 0 Å². The fraction of sp³-hybridized carbons (Fsp3) is 0.231. The van der Waals surface area contributed by atoms with E-state index in [9.17, 15) is 9.59 Å². The van der Waals surface area contributed by atoms with E-state index in [0.29, 0.717) is 5.75 Å². The Bertz CT molecular complexity index is 469. The lowest BCUT2D eigenvalue weighted by Gasteiger charge is -2.07. The van der Waals surface area contributed by atoms with Crippen molar-refractivity contribution in [1.29, 1.82) is 0 Å².